The molecule has 0 spiro atoms. The number of rotatable bonds is 10. The number of allylic oxidation sites excluding steroid dienone is 4. The lowest BCUT2D eigenvalue weighted by atomic mass is 9.46. The molecule has 0 aliphatic heterocycles. The van der Waals surface area contributed by atoms with Crippen molar-refractivity contribution in [2.75, 3.05) is 26.4 Å². The van der Waals surface area contributed by atoms with E-state index in [0.717, 1.165) is 18.4 Å². The fourth-order valence-corrected chi connectivity index (χ4v) is 7.77. The summed E-state index contributed by atoms with van der Waals surface area (Å²) in [5.74, 6) is -0.867. The van der Waals surface area contributed by atoms with Crippen LogP contribution in [0.3, 0.4) is 0 Å². The first-order valence-corrected chi connectivity index (χ1v) is 13.4. The van der Waals surface area contributed by atoms with Gasteiger partial charge in [0.2, 0.25) is 0 Å². The van der Waals surface area contributed by atoms with Crippen LogP contribution in [-0.2, 0) is 23.9 Å². The normalized spacial score (nSPS) is 38.6. The highest BCUT2D eigenvalue weighted by Crippen LogP contribution is 2.67. The van der Waals surface area contributed by atoms with Crippen molar-refractivity contribution in [3.63, 3.8) is 0 Å². The summed E-state index contributed by atoms with van der Waals surface area (Å²) in [6.45, 7) is 2.92. The third-order valence-corrected chi connectivity index (χ3v) is 9.72. The molecule has 4 N–H and O–H groups in total. The van der Waals surface area contributed by atoms with Crippen LogP contribution in [-0.4, -0.2) is 82.2 Å². The van der Waals surface area contributed by atoms with Crippen LogP contribution in [0.1, 0.15) is 58.8 Å². The number of aliphatic hydroxyl groups is 4. The van der Waals surface area contributed by atoms with Crippen LogP contribution in [0.2, 0.25) is 0 Å². The molecule has 0 radical (unpaired) electrons. The second-order valence-electron chi connectivity index (χ2n) is 11.7. The number of ether oxygens (including phenoxy) is 2. The number of hydrogen-bond donors (Lipinski definition) is 4. The highest BCUT2D eigenvalue weighted by atomic mass is 16.6. The summed E-state index contributed by atoms with van der Waals surface area (Å²) in [4.78, 5) is 37.0. The Morgan fingerprint density at radius 1 is 1.19 bits per heavy atom. The molecule has 3 saturated carbocycles. The van der Waals surface area contributed by atoms with E-state index in [4.69, 9.17) is 19.7 Å². The van der Waals surface area contributed by atoms with Crippen molar-refractivity contribution in [2.45, 2.75) is 76.6 Å². The molecule has 9 nitrogen and oxygen atoms in total. The van der Waals surface area contributed by atoms with Gasteiger partial charge < -0.3 is 29.9 Å². The first-order chi connectivity index (χ1) is 17.5. The molecule has 206 valence electrons. The second-order valence-corrected chi connectivity index (χ2v) is 11.7. The van der Waals surface area contributed by atoms with Gasteiger partial charge in [0.1, 0.15) is 18.3 Å². The highest BCUT2D eigenvalue weighted by molar-refractivity contribution is 6.01. The molecule has 0 aromatic heterocycles. The van der Waals surface area contributed by atoms with E-state index in [1.165, 1.54) is 0 Å². The van der Waals surface area contributed by atoms with Gasteiger partial charge in [-0.1, -0.05) is 25.5 Å². The van der Waals surface area contributed by atoms with Gasteiger partial charge in [-0.15, -0.1) is 0 Å². The summed E-state index contributed by atoms with van der Waals surface area (Å²) in [5, 5.41) is 41.1. The number of ketones is 2. The molecule has 0 bridgehead atoms. The molecule has 7 atom stereocenters. The molecular formula is C28H40O9. The third-order valence-electron chi connectivity index (χ3n) is 9.72. The highest BCUT2D eigenvalue weighted by Gasteiger charge is 2.68. The van der Waals surface area contributed by atoms with Gasteiger partial charge in [-0.25, -0.2) is 0 Å². The zero-order valence-electron chi connectivity index (χ0n) is 21.7. The van der Waals surface area contributed by atoms with Crippen LogP contribution >= 0.6 is 0 Å². The van der Waals surface area contributed by atoms with Crippen LogP contribution in [0, 0.1) is 28.6 Å². The van der Waals surface area contributed by atoms with E-state index >= 15 is 0 Å². The number of esters is 1. The molecule has 3 fully saturated rings. The van der Waals surface area contributed by atoms with Gasteiger partial charge in [-0.2, -0.15) is 0 Å². The largest absolute Gasteiger partial charge is 0.457 e. The molecule has 4 rings (SSSR count). The Kier molecular flexibility index (Phi) is 8.12. The Morgan fingerprint density at radius 2 is 1.92 bits per heavy atom. The summed E-state index contributed by atoms with van der Waals surface area (Å²) in [5.41, 5.74) is -1.73. The minimum Gasteiger partial charge on any atom is -0.457 e. The van der Waals surface area contributed by atoms with E-state index in [0.29, 0.717) is 25.7 Å². The van der Waals surface area contributed by atoms with Gasteiger partial charge in [0.15, 0.2) is 11.6 Å². The smallest absolute Gasteiger partial charge is 0.306 e. The molecule has 37 heavy (non-hydrogen) atoms. The van der Waals surface area contributed by atoms with Gasteiger partial charge in [-0.3, -0.25) is 14.4 Å². The lowest BCUT2D eigenvalue weighted by Crippen LogP contribution is -2.61. The second kappa shape index (κ2) is 10.7. The Hall–Kier alpha value is -1.91. The summed E-state index contributed by atoms with van der Waals surface area (Å²) in [7, 11) is 0. The van der Waals surface area contributed by atoms with E-state index in [1.54, 1.807) is 12.2 Å². The summed E-state index contributed by atoms with van der Waals surface area (Å²) < 4.78 is 10.4. The minimum atomic E-state index is -1.60. The zero-order valence-corrected chi connectivity index (χ0v) is 21.7. The molecule has 0 aromatic carbocycles. The van der Waals surface area contributed by atoms with Gasteiger partial charge in [0.05, 0.1) is 19.3 Å². The summed E-state index contributed by atoms with van der Waals surface area (Å²) in [6.07, 6.45) is 6.77. The van der Waals surface area contributed by atoms with Crippen molar-refractivity contribution < 1.29 is 44.3 Å². The molecule has 0 saturated heterocycles. The van der Waals surface area contributed by atoms with Crippen molar-refractivity contribution in [1.82, 2.24) is 0 Å². The predicted octanol–water partition coefficient (Wildman–Crippen LogP) is 1.26. The average molecular weight is 521 g/mol. The van der Waals surface area contributed by atoms with E-state index in [-0.39, 0.29) is 43.2 Å². The van der Waals surface area contributed by atoms with Crippen molar-refractivity contribution >= 4 is 17.5 Å². The standard InChI is InChI=1S/C28H40O9/c1-26-9-7-18(31)12-17(26)5-6-20-21-8-10-28(35,27(21,2)13-22(32)25(20)26)23(33)16-36-11-3-4-24(34)37-19(14-29)15-30/h7,9,12,19-22,25,29-30,32,35H,3-6,8,10-11,13-16H2,1-2H3/t20?,21?,22?,25?,26-,27-,28-/m0/s1. The summed E-state index contributed by atoms with van der Waals surface area (Å²) >= 11 is 0. The van der Waals surface area contributed by atoms with Crippen molar-refractivity contribution in [1.29, 1.82) is 0 Å². The minimum absolute atomic E-state index is 0.0131. The van der Waals surface area contributed by atoms with Gasteiger partial charge in [0.25, 0.3) is 0 Å². The average Bonchev–Trinajstić information content (AvgIpc) is 3.13. The van der Waals surface area contributed by atoms with Gasteiger partial charge >= 0.3 is 5.97 Å². The number of hydrogen-bond acceptors (Lipinski definition) is 9. The lowest BCUT2D eigenvalue weighted by Gasteiger charge is -2.59. The topological polar surface area (TPSA) is 151 Å². The van der Waals surface area contributed by atoms with Crippen molar-refractivity contribution in [3.8, 4) is 0 Å². The number of carbonyl (C=O) groups excluding carboxylic acids is 3. The quantitative estimate of drug-likeness (QED) is 0.246. The molecule has 0 heterocycles. The molecule has 0 amide bonds. The van der Waals surface area contributed by atoms with Crippen LogP contribution < -0.4 is 0 Å². The Labute approximate surface area is 217 Å². The van der Waals surface area contributed by atoms with Gasteiger partial charge in [0, 0.05) is 29.8 Å². The zero-order chi connectivity index (χ0) is 27.0. The number of Topliss-reactive ketones (excluding diaryl/α,β-unsaturated/α-hetero) is 1. The summed E-state index contributed by atoms with van der Waals surface area (Å²) in [6, 6.07) is 0. The maximum Gasteiger partial charge on any atom is 0.306 e. The number of aliphatic hydroxyl groups excluding tert-OH is 3. The molecule has 0 aromatic rings. The number of carbonyl (C=O) groups is 3. The molecular weight excluding hydrogens is 480 g/mol. The molecule has 4 aliphatic carbocycles. The Bertz CT molecular complexity index is 969. The first-order valence-electron chi connectivity index (χ1n) is 13.4. The van der Waals surface area contributed by atoms with E-state index in [9.17, 15) is 24.6 Å². The van der Waals surface area contributed by atoms with E-state index in [2.05, 4.69) is 6.92 Å². The van der Waals surface area contributed by atoms with Crippen LogP contribution in [0.5, 0.6) is 0 Å². The Balaban J connectivity index is 1.37. The molecule has 4 aliphatic rings. The van der Waals surface area contributed by atoms with Crippen LogP contribution in [0.25, 0.3) is 0 Å². The SMILES string of the molecule is C[C@]12C=CC(=O)C=C1CCC1C2C(O)C[C@@]2(C)C1CC[C@]2(O)C(=O)COCCCC(=O)OC(CO)CO. The molecule has 9 heteroatoms. The van der Waals surface area contributed by atoms with Crippen molar-refractivity contribution in [3.05, 3.63) is 23.8 Å². The number of fused-ring (bicyclic) bond motifs is 5. The van der Waals surface area contributed by atoms with Crippen molar-refractivity contribution in [2.24, 2.45) is 28.6 Å². The maximum atomic E-state index is 13.3. The van der Waals surface area contributed by atoms with Crippen LogP contribution in [0.4, 0.5) is 0 Å². The molecule has 4 unspecified atom stereocenters. The first kappa shape index (κ1) is 28.1. The van der Waals surface area contributed by atoms with Gasteiger partial charge in [-0.05, 0) is 62.5 Å². The maximum absolute atomic E-state index is 13.3. The monoisotopic (exact) mass is 520 g/mol. The fourth-order valence-electron chi connectivity index (χ4n) is 7.77. The van der Waals surface area contributed by atoms with E-state index in [1.807, 2.05) is 13.0 Å². The van der Waals surface area contributed by atoms with Crippen LogP contribution in [0.15, 0.2) is 23.8 Å². The lowest BCUT2D eigenvalue weighted by molar-refractivity contribution is -0.179. The third kappa shape index (κ3) is 4.85. The van der Waals surface area contributed by atoms with E-state index < -0.39 is 53.6 Å². The predicted molar refractivity (Wildman–Crippen MR) is 132 cm³/mol. The Morgan fingerprint density at radius 3 is 2.62 bits per heavy atom. The fraction of sp³-hybridized carbons (Fsp3) is 0.750.